The molecule has 0 atom stereocenters. The van der Waals surface area contributed by atoms with Gasteiger partial charge in [0.25, 0.3) is 0 Å². The molecule has 4 aromatic rings. The van der Waals surface area contributed by atoms with E-state index in [1.165, 1.54) is 11.6 Å². The van der Waals surface area contributed by atoms with Crippen LogP contribution in [0.3, 0.4) is 0 Å². The van der Waals surface area contributed by atoms with Gasteiger partial charge in [0, 0.05) is 17.0 Å². The van der Waals surface area contributed by atoms with Crippen molar-refractivity contribution < 1.29 is 13.9 Å². The number of benzene rings is 3. The van der Waals surface area contributed by atoms with Crippen LogP contribution in [0.5, 0.6) is 0 Å². The summed E-state index contributed by atoms with van der Waals surface area (Å²) in [5.41, 5.74) is 3.45. The third-order valence-electron chi connectivity index (χ3n) is 5.21. The molecule has 4 nitrogen and oxygen atoms in total. The van der Waals surface area contributed by atoms with Gasteiger partial charge in [0.15, 0.2) is 0 Å². The molecule has 0 saturated carbocycles. The van der Waals surface area contributed by atoms with Crippen molar-refractivity contribution >= 4 is 27.7 Å². The SMILES string of the molecule is Cc1cc2oc(=O)cc(COC(=O)c3cccc4ccccc34)c2cc1C(C)C. The van der Waals surface area contributed by atoms with Crippen LogP contribution < -0.4 is 5.63 Å². The first-order valence-electron chi connectivity index (χ1n) is 9.66. The zero-order valence-corrected chi connectivity index (χ0v) is 16.7. The van der Waals surface area contributed by atoms with Crippen LogP contribution in [0.25, 0.3) is 21.7 Å². The van der Waals surface area contributed by atoms with Crippen LogP contribution in [0, 0.1) is 6.92 Å². The minimum Gasteiger partial charge on any atom is -0.457 e. The molecule has 4 rings (SSSR count). The molecule has 0 saturated heterocycles. The Labute approximate surface area is 168 Å². The summed E-state index contributed by atoms with van der Waals surface area (Å²) in [4.78, 5) is 24.8. The number of carbonyl (C=O) groups is 1. The molecule has 0 amide bonds. The molecule has 1 heterocycles. The van der Waals surface area contributed by atoms with E-state index in [0.29, 0.717) is 22.6 Å². The standard InChI is InChI=1S/C25H22O4/c1-15(2)21-13-22-18(12-24(26)29-23(22)11-16(21)3)14-28-25(27)20-10-6-8-17-7-4-5-9-19(17)20/h4-13,15H,14H2,1-3H3. The van der Waals surface area contributed by atoms with Crippen molar-refractivity contribution in [3.05, 3.63) is 93.3 Å². The van der Waals surface area contributed by atoms with Crippen molar-refractivity contribution in [2.24, 2.45) is 0 Å². The summed E-state index contributed by atoms with van der Waals surface area (Å²) in [7, 11) is 0. The highest BCUT2D eigenvalue weighted by molar-refractivity contribution is 6.04. The number of hydrogen-bond acceptors (Lipinski definition) is 4. The smallest absolute Gasteiger partial charge is 0.339 e. The van der Waals surface area contributed by atoms with Crippen molar-refractivity contribution in [1.82, 2.24) is 0 Å². The molecule has 146 valence electrons. The summed E-state index contributed by atoms with van der Waals surface area (Å²) in [6, 6.07) is 18.5. The van der Waals surface area contributed by atoms with E-state index in [-0.39, 0.29) is 6.61 Å². The molecule has 0 unspecified atom stereocenters. The Kier molecular flexibility index (Phi) is 4.93. The van der Waals surface area contributed by atoms with Gasteiger partial charge in [-0.25, -0.2) is 9.59 Å². The van der Waals surface area contributed by atoms with E-state index < -0.39 is 11.6 Å². The monoisotopic (exact) mass is 386 g/mol. The van der Waals surface area contributed by atoms with Crippen molar-refractivity contribution in [3.8, 4) is 0 Å². The molecule has 0 spiro atoms. The zero-order valence-electron chi connectivity index (χ0n) is 16.7. The molecule has 1 aromatic heterocycles. The molecule has 3 aromatic carbocycles. The Bertz CT molecular complexity index is 1280. The van der Waals surface area contributed by atoms with Gasteiger partial charge in [-0.1, -0.05) is 50.2 Å². The Morgan fingerprint density at radius 1 is 1.00 bits per heavy atom. The lowest BCUT2D eigenvalue weighted by Crippen LogP contribution is -2.09. The van der Waals surface area contributed by atoms with Crippen molar-refractivity contribution in [3.63, 3.8) is 0 Å². The van der Waals surface area contributed by atoms with Crippen molar-refractivity contribution in [2.45, 2.75) is 33.3 Å². The maximum Gasteiger partial charge on any atom is 0.339 e. The van der Waals surface area contributed by atoms with Gasteiger partial charge in [-0.15, -0.1) is 0 Å². The lowest BCUT2D eigenvalue weighted by molar-refractivity contribution is 0.0476. The first kappa shape index (κ1) is 18.9. The Hall–Kier alpha value is -3.40. The highest BCUT2D eigenvalue weighted by atomic mass is 16.5. The van der Waals surface area contributed by atoms with Crippen molar-refractivity contribution in [1.29, 1.82) is 0 Å². The predicted octanol–water partition coefficient (Wildman–Crippen LogP) is 5.74. The Morgan fingerprint density at radius 3 is 2.55 bits per heavy atom. The molecular weight excluding hydrogens is 364 g/mol. The first-order valence-corrected chi connectivity index (χ1v) is 9.66. The predicted molar refractivity (Wildman–Crippen MR) is 114 cm³/mol. The number of ether oxygens (including phenoxy) is 1. The number of esters is 1. The molecule has 0 aliphatic heterocycles. The highest BCUT2D eigenvalue weighted by Crippen LogP contribution is 2.27. The Balaban J connectivity index is 1.69. The molecule has 0 bridgehead atoms. The number of aryl methyl sites for hydroxylation is 1. The van der Waals surface area contributed by atoms with Gasteiger partial charge in [0.05, 0.1) is 5.56 Å². The van der Waals surface area contributed by atoms with Crippen LogP contribution in [0.4, 0.5) is 0 Å². The average Bonchev–Trinajstić information content (AvgIpc) is 2.70. The number of rotatable bonds is 4. The van der Waals surface area contributed by atoms with Gasteiger partial charge in [0.2, 0.25) is 0 Å². The van der Waals surface area contributed by atoms with E-state index in [4.69, 9.17) is 9.15 Å². The highest BCUT2D eigenvalue weighted by Gasteiger charge is 2.15. The summed E-state index contributed by atoms with van der Waals surface area (Å²) >= 11 is 0. The maximum atomic E-state index is 12.8. The van der Waals surface area contributed by atoms with Crippen LogP contribution in [0.15, 0.2) is 69.9 Å². The van der Waals surface area contributed by atoms with Crippen LogP contribution in [0.2, 0.25) is 0 Å². The molecule has 0 aliphatic rings. The quantitative estimate of drug-likeness (QED) is 0.332. The van der Waals surface area contributed by atoms with Gasteiger partial charge in [-0.2, -0.15) is 0 Å². The summed E-state index contributed by atoms with van der Waals surface area (Å²) in [6.07, 6.45) is 0. The lowest BCUT2D eigenvalue weighted by Gasteiger charge is -2.13. The molecule has 0 fully saturated rings. The minimum atomic E-state index is -0.453. The molecule has 0 N–H and O–H groups in total. The fourth-order valence-electron chi connectivity index (χ4n) is 3.76. The van der Waals surface area contributed by atoms with E-state index in [1.54, 1.807) is 6.07 Å². The fraction of sp³-hybridized carbons (Fsp3) is 0.200. The Morgan fingerprint density at radius 2 is 1.76 bits per heavy atom. The van der Waals surface area contributed by atoms with E-state index in [9.17, 15) is 9.59 Å². The molecule has 0 aliphatic carbocycles. The molecule has 29 heavy (non-hydrogen) atoms. The third kappa shape index (κ3) is 3.66. The summed E-state index contributed by atoms with van der Waals surface area (Å²) < 4.78 is 11.0. The number of hydrogen-bond donors (Lipinski definition) is 0. The van der Waals surface area contributed by atoms with E-state index >= 15 is 0 Å². The number of carbonyl (C=O) groups excluding carboxylic acids is 1. The van der Waals surface area contributed by atoms with Crippen molar-refractivity contribution in [2.75, 3.05) is 0 Å². The van der Waals surface area contributed by atoms with Gasteiger partial charge in [0.1, 0.15) is 12.2 Å². The average molecular weight is 386 g/mol. The second-order valence-electron chi connectivity index (χ2n) is 7.55. The van der Waals surface area contributed by atoms with Gasteiger partial charge < -0.3 is 9.15 Å². The lowest BCUT2D eigenvalue weighted by atomic mass is 9.95. The van der Waals surface area contributed by atoms with Gasteiger partial charge in [-0.05, 0) is 52.9 Å². The van der Waals surface area contributed by atoms with Crippen LogP contribution in [-0.2, 0) is 11.3 Å². The minimum absolute atomic E-state index is 0.00471. The third-order valence-corrected chi connectivity index (χ3v) is 5.21. The molecule has 0 radical (unpaired) electrons. The summed E-state index contributed by atoms with van der Waals surface area (Å²) in [6.45, 7) is 6.24. The molecular formula is C25H22O4. The van der Waals surface area contributed by atoms with Gasteiger partial charge in [-0.3, -0.25) is 0 Å². The fourth-order valence-corrected chi connectivity index (χ4v) is 3.76. The summed E-state index contributed by atoms with van der Waals surface area (Å²) in [5, 5.41) is 2.62. The van der Waals surface area contributed by atoms with Crippen LogP contribution in [0.1, 0.15) is 46.8 Å². The topological polar surface area (TPSA) is 56.5 Å². The van der Waals surface area contributed by atoms with Crippen LogP contribution in [-0.4, -0.2) is 5.97 Å². The van der Waals surface area contributed by atoms with E-state index in [0.717, 1.165) is 21.7 Å². The second kappa shape index (κ2) is 7.55. The maximum absolute atomic E-state index is 12.8. The second-order valence-corrected chi connectivity index (χ2v) is 7.55. The number of fused-ring (bicyclic) bond motifs is 2. The summed E-state index contributed by atoms with van der Waals surface area (Å²) in [5.74, 6) is -0.0863. The largest absolute Gasteiger partial charge is 0.457 e. The van der Waals surface area contributed by atoms with Gasteiger partial charge >= 0.3 is 11.6 Å². The first-order chi connectivity index (χ1) is 13.9. The molecule has 4 heteroatoms. The normalized spacial score (nSPS) is 11.3. The zero-order chi connectivity index (χ0) is 20.5. The van der Waals surface area contributed by atoms with E-state index in [2.05, 4.69) is 13.8 Å². The van der Waals surface area contributed by atoms with Crippen LogP contribution >= 0.6 is 0 Å². The van der Waals surface area contributed by atoms with E-state index in [1.807, 2.05) is 55.5 Å².